The Hall–Kier alpha value is -2.48. The Morgan fingerprint density at radius 1 is 0.870 bits per heavy atom. The van der Waals surface area contributed by atoms with Crippen LogP contribution < -0.4 is 4.90 Å². The van der Waals surface area contributed by atoms with Crippen LogP contribution >= 0.6 is 0 Å². The topological polar surface area (TPSA) is 12.5 Å². The van der Waals surface area contributed by atoms with Gasteiger partial charge < -0.3 is 9.64 Å². The minimum Gasteiger partial charge on any atom is -0.500 e. The highest BCUT2D eigenvalue weighted by Gasteiger charge is 2.29. The van der Waals surface area contributed by atoms with E-state index in [-0.39, 0.29) is 5.92 Å². The van der Waals surface area contributed by atoms with Gasteiger partial charge in [-0.1, -0.05) is 54.6 Å². The summed E-state index contributed by atoms with van der Waals surface area (Å²) in [5.41, 5.74) is 3.80. The molecule has 0 aromatic heterocycles. The van der Waals surface area contributed by atoms with Gasteiger partial charge in [0.25, 0.3) is 0 Å². The molecule has 0 saturated heterocycles. The third-order valence-corrected chi connectivity index (χ3v) is 4.43. The number of hydrogen-bond donors (Lipinski definition) is 0. The van der Waals surface area contributed by atoms with Crippen molar-refractivity contribution < 1.29 is 4.74 Å². The van der Waals surface area contributed by atoms with E-state index in [2.05, 4.69) is 91.8 Å². The Morgan fingerprint density at radius 2 is 1.57 bits per heavy atom. The lowest BCUT2D eigenvalue weighted by Crippen LogP contribution is -2.16. The van der Waals surface area contributed by atoms with Gasteiger partial charge >= 0.3 is 0 Å². The van der Waals surface area contributed by atoms with Crippen molar-refractivity contribution in [3.63, 3.8) is 0 Å². The zero-order valence-electron chi connectivity index (χ0n) is 13.9. The van der Waals surface area contributed by atoms with Crippen molar-refractivity contribution in [2.75, 3.05) is 26.1 Å². The van der Waals surface area contributed by atoms with Crippen molar-refractivity contribution in [3.8, 4) is 0 Å². The fourth-order valence-electron chi connectivity index (χ4n) is 3.19. The van der Waals surface area contributed by atoms with Crippen LogP contribution in [0, 0.1) is 0 Å². The predicted molar refractivity (Wildman–Crippen MR) is 96.9 cm³/mol. The van der Waals surface area contributed by atoms with E-state index in [0.29, 0.717) is 5.92 Å². The first kappa shape index (κ1) is 15.4. The van der Waals surface area contributed by atoms with Gasteiger partial charge in [-0.2, -0.15) is 0 Å². The third kappa shape index (κ3) is 3.16. The van der Waals surface area contributed by atoms with Gasteiger partial charge in [-0.3, -0.25) is 0 Å². The monoisotopic (exact) mass is 305 g/mol. The number of allylic oxidation sites excluding steroid dienone is 4. The Morgan fingerprint density at radius 3 is 2.17 bits per heavy atom. The second-order valence-electron chi connectivity index (χ2n) is 6.06. The molecular weight excluding hydrogens is 282 g/mol. The number of methoxy groups -OCH3 is 1. The summed E-state index contributed by atoms with van der Waals surface area (Å²) in [4.78, 5) is 2.12. The summed E-state index contributed by atoms with van der Waals surface area (Å²) >= 11 is 0. The van der Waals surface area contributed by atoms with Crippen LogP contribution in [0.3, 0.4) is 0 Å². The zero-order valence-corrected chi connectivity index (χ0v) is 13.9. The summed E-state index contributed by atoms with van der Waals surface area (Å²) in [5, 5.41) is 0. The lowest BCUT2D eigenvalue weighted by Gasteiger charge is -2.30. The third-order valence-electron chi connectivity index (χ3n) is 4.43. The van der Waals surface area contributed by atoms with E-state index in [0.717, 1.165) is 5.76 Å². The molecule has 23 heavy (non-hydrogen) atoms. The summed E-state index contributed by atoms with van der Waals surface area (Å²) in [6.07, 6.45) is 6.44. The van der Waals surface area contributed by atoms with Gasteiger partial charge in [0.15, 0.2) is 0 Å². The molecule has 0 radical (unpaired) electrons. The quantitative estimate of drug-likeness (QED) is 0.810. The summed E-state index contributed by atoms with van der Waals surface area (Å²) in [7, 11) is 5.88. The van der Waals surface area contributed by atoms with Crippen molar-refractivity contribution in [1.29, 1.82) is 0 Å². The average Bonchev–Trinajstić information content (AvgIpc) is 2.62. The first-order valence-corrected chi connectivity index (χ1v) is 7.95. The van der Waals surface area contributed by atoms with E-state index in [1.165, 1.54) is 16.8 Å². The van der Waals surface area contributed by atoms with Crippen molar-refractivity contribution in [2.24, 2.45) is 0 Å². The van der Waals surface area contributed by atoms with Crippen LogP contribution in [0.1, 0.15) is 23.0 Å². The molecule has 0 fully saturated rings. The van der Waals surface area contributed by atoms with Crippen LogP contribution in [0.5, 0.6) is 0 Å². The molecule has 0 spiro atoms. The molecule has 2 nitrogen and oxygen atoms in total. The van der Waals surface area contributed by atoms with Crippen LogP contribution in [-0.2, 0) is 4.74 Å². The van der Waals surface area contributed by atoms with Crippen molar-refractivity contribution in [1.82, 2.24) is 0 Å². The highest BCUT2D eigenvalue weighted by atomic mass is 16.5. The average molecular weight is 305 g/mol. The summed E-state index contributed by atoms with van der Waals surface area (Å²) in [6, 6.07) is 19.4. The summed E-state index contributed by atoms with van der Waals surface area (Å²) < 4.78 is 5.69. The van der Waals surface area contributed by atoms with Gasteiger partial charge in [-0.25, -0.2) is 0 Å². The van der Waals surface area contributed by atoms with Gasteiger partial charge in [0.1, 0.15) is 5.76 Å². The maximum absolute atomic E-state index is 5.69. The highest BCUT2D eigenvalue weighted by molar-refractivity contribution is 5.49. The molecule has 0 amide bonds. The van der Waals surface area contributed by atoms with Crippen LogP contribution in [0.2, 0.25) is 0 Å². The fraction of sp³-hybridized carbons (Fsp3) is 0.238. The molecule has 1 aliphatic carbocycles. The van der Waals surface area contributed by atoms with Gasteiger partial charge in [-0.15, -0.1) is 0 Å². The molecule has 3 rings (SSSR count). The molecule has 2 unspecified atom stereocenters. The van der Waals surface area contributed by atoms with Gasteiger partial charge in [0.2, 0.25) is 0 Å². The van der Waals surface area contributed by atoms with E-state index in [9.17, 15) is 0 Å². The molecule has 2 atom stereocenters. The zero-order chi connectivity index (χ0) is 16.2. The normalized spacial score (nSPS) is 20.0. The largest absolute Gasteiger partial charge is 0.500 e. The highest BCUT2D eigenvalue weighted by Crippen LogP contribution is 2.42. The van der Waals surface area contributed by atoms with E-state index >= 15 is 0 Å². The molecule has 1 aliphatic rings. The summed E-state index contributed by atoms with van der Waals surface area (Å²) in [6.45, 7) is 0. The van der Waals surface area contributed by atoms with E-state index < -0.39 is 0 Å². The molecule has 2 aromatic carbocycles. The van der Waals surface area contributed by atoms with Gasteiger partial charge in [0, 0.05) is 25.7 Å². The van der Waals surface area contributed by atoms with Crippen molar-refractivity contribution in [3.05, 3.63) is 89.7 Å². The first-order chi connectivity index (χ1) is 11.2. The minimum atomic E-state index is 0.212. The standard InChI is InChI=1S/C21H23NO/c1-22(2)18-14-12-17(13-15-18)21-19(10-7-11-20(21)23-3)16-8-5-4-6-9-16/h4-15,19,21H,1-3H3. The van der Waals surface area contributed by atoms with Crippen molar-refractivity contribution >= 4 is 5.69 Å². The molecule has 0 N–H and O–H groups in total. The molecule has 2 aromatic rings. The smallest absolute Gasteiger partial charge is 0.104 e. The van der Waals surface area contributed by atoms with E-state index in [4.69, 9.17) is 4.74 Å². The Bertz CT molecular complexity index is 698. The fourth-order valence-corrected chi connectivity index (χ4v) is 3.19. The van der Waals surface area contributed by atoms with E-state index in [1.807, 2.05) is 0 Å². The van der Waals surface area contributed by atoms with Gasteiger partial charge in [0.05, 0.1) is 13.0 Å². The SMILES string of the molecule is COC1=CC=CC(c2ccccc2)C1c1ccc(N(C)C)cc1. The second kappa shape index (κ2) is 6.74. The van der Waals surface area contributed by atoms with Crippen molar-refractivity contribution in [2.45, 2.75) is 11.8 Å². The lowest BCUT2D eigenvalue weighted by atomic mass is 9.77. The number of hydrogen-bond acceptors (Lipinski definition) is 2. The minimum absolute atomic E-state index is 0.212. The van der Waals surface area contributed by atoms with Crippen LogP contribution in [0.15, 0.2) is 78.6 Å². The number of anilines is 1. The Kier molecular flexibility index (Phi) is 4.52. The number of ether oxygens (including phenoxy) is 1. The van der Waals surface area contributed by atoms with Crippen LogP contribution in [-0.4, -0.2) is 21.2 Å². The molecule has 2 heteroatoms. The molecule has 118 valence electrons. The number of benzene rings is 2. The molecule has 0 aliphatic heterocycles. The molecule has 0 bridgehead atoms. The number of nitrogens with zero attached hydrogens (tertiary/aromatic N) is 1. The predicted octanol–water partition coefficient (Wildman–Crippen LogP) is 4.72. The number of rotatable bonds is 4. The maximum Gasteiger partial charge on any atom is 0.104 e. The molecular formula is C21H23NO. The maximum atomic E-state index is 5.69. The van der Waals surface area contributed by atoms with Crippen LogP contribution in [0.25, 0.3) is 0 Å². The second-order valence-corrected chi connectivity index (χ2v) is 6.06. The lowest BCUT2D eigenvalue weighted by molar-refractivity contribution is 0.257. The Labute approximate surface area is 138 Å². The van der Waals surface area contributed by atoms with E-state index in [1.54, 1.807) is 7.11 Å². The molecule has 0 heterocycles. The summed E-state index contributed by atoms with van der Waals surface area (Å²) in [5.74, 6) is 1.52. The first-order valence-electron chi connectivity index (χ1n) is 7.95. The van der Waals surface area contributed by atoms with Gasteiger partial charge in [-0.05, 0) is 29.3 Å². The van der Waals surface area contributed by atoms with Crippen LogP contribution in [0.4, 0.5) is 5.69 Å². The Balaban J connectivity index is 2.00. The molecule has 0 saturated carbocycles.